The summed E-state index contributed by atoms with van der Waals surface area (Å²) in [5, 5.41) is 4.31. The predicted octanol–water partition coefficient (Wildman–Crippen LogP) is 2.06. The predicted molar refractivity (Wildman–Crippen MR) is 57.1 cm³/mol. The molecule has 0 atom stereocenters. The maximum absolute atomic E-state index is 11.4. The fourth-order valence-corrected chi connectivity index (χ4v) is 1.44. The summed E-state index contributed by atoms with van der Waals surface area (Å²) in [4.78, 5) is 15.7. The Morgan fingerprint density at radius 2 is 2.20 bits per heavy atom. The number of ketones is 1. The van der Waals surface area contributed by atoms with Crippen molar-refractivity contribution in [3.05, 3.63) is 29.7 Å². The van der Waals surface area contributed by atoms with Gasteiger partial charge in [-0.25, -0.2) is 9.50 Å². The lowest BCUT2D eigenvalue weighted by Crippen LogP contribution is -1.97. The minimum absolute atomic E-state index is 0.0170. The van der Waals surface area contributed by atoms with E-state index >= 15 is 0 Å². The number of rotatable bonds is 2. The summed E-state index contributed by atoms with van der Waals surface area (Å²) in [6.07, 6.45) is 1.81. The first-order valence-corrected chi connectivity index (χ1v) is 4.96. The van der Waals surface area contributed by atoms with E-state index < -0.39 is 0 Å². The number of carbonyl (C=O) groups excluding carboxylic acids is 1. The minimum atomic E-state index is 0.0170. The van der Waals surface area contributed by atoms with Crippen molar-refractivity contribution in [2.24, 2.45) is 0 Å². The number of pyridine rings is 1. The zero-order valence-corrected chi connectivity index (χ0v) is 9.06. The molecule has 0 aliphatic rings. The number of Topliss-reactive ketones (excluding diaryl/α,β-unsaturated/α-hetero) is 1. The summed E-state index contributed by atoms with van der Waals surface area (Å²) in [5.41, 5.74) is 1.27. The van der Waals surface area contributed by atoms with Gasteiger partial charge in [0.2, 0.25) is 0 Å². The third-order valence-corrected chi connectivity index (χ3v) is 2.27. The van der Waals surface area contributed by atoms with Crippen LogP contribution >= 0.6 is 0 Å². The molecule has 4 heteroatoms. The first kappa shape index (κ1) is 9.83. The van der Waals surface area contributed by atoms with Gasteiger partial charge in [-0.2, -0.15) is 5.10 Å². The van der Waals surface area contributed by atoms with Gasteiger partial charge in [0.1, 0.15) is 0 Å². The largest absolute Gasteiger partial charge is 0.294 e. The van der Waals surface area contributed by atoms with Crippen molar-refractivity contribution in [1.82, 2.24) is 14.6 Å². The van der Waals surface area contributed by atoms with Gasteiger partial charge in [-0.05, 0) is 19.1 Å². The molecule has 0 saturated heterocycles. The van der Waals surface area contributed by atoms with Gasteiger partial charge in [0.15, 0.2) is 17.3 Å². The molecular weight excluding hydrogens is 190 g/mol. The van der Waals surface area contributed by atoms with Crippen LogP contribution in [0.5, 0.6) is 0 Å². The van der Waals surface area contributed by atoms with Gasteiger partial charge in [0, 0.05) is 12.1 Å². The van der Waals surface area contributed by atoms with Crippen molar-refractivity contribution in [3.8, 4) is 0 Å². The maximum atomic E-state index is 11.4. The minimum Gasteiger partial charge on any atom is -0.294 e. The molecule has 0 aliphatic heterocycles. The molecule has 0 amide bonds. The van der Waals surface area contributed by atoms with Gasteiger partial charge in [-0.1, -0.05) is 13.8 Å². The highest BCUT2D eigenvalue weighted by molar-refractivity contribution is 5.99. The number of hydrogen-bond donors (Lipinski definition) is 0. The molecule has 2 heterocycles. The molecule has 0 unspecified atom stereocenters. The number of fused-ring (bicyclic) bond motifs is 1. The lowest BCUT2D eigenvalue weighted by molar-refractivity contribution is 0.101. The van der Waals surface area contributed by atoms with Crippen LogP contribution in [0.2, 0.25) is 0 Å². The Hall–Kier alpha value is -1.71. The van der Waals surface area contributed by atoms with Crippen LogP contribution in [0.3, 0.4) is 0 Å². The number of aromatic nitrogens is 3. The van der Waals surface area contributed by atoms with E-state index in [1.54, 1.807) is 23.7 Å². The summed E-state index contributed by atoms with van der Waals surface area (Å²) >= 11 is 0. The average Bonchev–Trinajstić information content (AvgIpc) is 2.60. The molecule has 2 rings (SSSR count). The molecule has 0 saturated carbocycles. The molecule has 0 bridgehead atoms. The quantitative estimate of drug-likeness (QED) is 0.702. The standard InChI is InChI=1S/C11H13N3O/c1-7(2)10-12-11-9(8(3)15)5-4-6-14(11)13-10/h4-7H,1-3H3. The van der Waals surface area contributed by atoms with Gasteiger partial charge >= 0.3 is 0 Å². The third kappa shape index (κ3) is 1.63. The smallest absolute Gasteiger partial charge is 0.166 e. The van der Waals surface area contributed by atoms with Gasteiger partial charge in [0.05, 0.1) is 5.56 Å². The Bertz CT molecular complexity index is 514. The number of nitrogens with zero attached hydrogens (tertiary/aromatic N) is 3. The second-order valence-electron chi connectivity index (χ2n) is 3.87. The molecule has 2 aromatic heterocycles. The summed E-state index contributed by atoms with van der Waals surface area (Å²) in [7, 11) is 0. The van der Waals surface area contributed by atoms with E-state index in [2.05, 4.69) is 10.1 Å². The van der Waals surface area contributed by atoms with Crippen LogP contribution in [0, 0.1) is 0 Å². The lowest BCUT2D eigenvalue weighted by atomic mass is 10.2. The van der Waals surface area contributed by atoms with Crippen molar-refractivity contribution in [2.45, 2.75) is 26.7 Å². The van der Waals surface area contributed by atoms with E-state index in [-0.39, 0.29) is 11.7 Å². The second-order valence-corrected chi connectivity index (χ2v) is 3.87. The van der Waals surface area contributed by atoms with Crippen LogP contribution in [0.4, 0.5) is 0 Å². The molecule has 0 aliphatic carbocycles. The van der Waals surface area contributed by atoms with Crippen LogP contribution in [0.25, 0.3) is 5.65 Å². The first-order chi connectivity index (χ1) is 7.09. The summed E-state index contributed by atoms with van der Waals surface area (Å²) in [6.45, 7) is 5.60. The Morgan fingerprint density at radius 3 is 2.80 bits per heavy atom. The molecule has 0 N–H and O–H groups in total. The highest BCUT2D eigenvalue weighted by Crippen LogP contribution is 2.14. The lowest BCUT2D eigenvalue weighted by Gasteiger charge is -1.95. The fraction of sp³-hybridized carbons (Fsp3) is 0.364. The van der Waals surface area contributed by atoms with Crippen molar-refractivity contribution in [1.29, 1.82) is 0 Å². The molecule has 78 valence electrons. The van der Waals surface area contributed by atoms with E-state index in [1.165, 1.54) is 0 Å². The zero-order valence-electron chi connectivity index (χ0n) is 9.06. The average molecular weight is 203 g/mol. The molecule has 4 nitrogen and oxygen atoms in total. The van der Waals surface area contributed by atoms with Gasteiger partial charge < -0.3 is 0 Å². The van der Waals surface area contributed by atoms with Crippen molar-refractivity contribution >= 4 is 11.4 Å². The number of hydrogen-bond acceptors (Lipinski definition) is 3. The van der Waals surface area contributed by atoms with Crippen LogP contribution in [0.1, 0.15) is 42.9 Å². The van der Waals surface area contributed by atoms with E-state index in [0.717, 1.165) is 5.82 Å². The van der Waals surface area contributed by atoms with Gasteiger partial charge in [-0.15, -0.1) is 0 Å². The molecule has 2 aromatic rings. The monoisotopic (exact) mass is 203 g/mol. The highest BCUT2D eigenvalue weighted by atomic mass is 16.1. The van der Waals surface area contributed by atoms with Gasteiger partial charge in [0.25, 0.3) is 0 Å². The normalized spacial score (nSPS) is 11.2. The summed E-state index contributed by atoms with van der Waals surface area (Å²) in [5.74, 6) is 1.05. The van der Waals surface area contributed by atoms with E-state index in [4.69, 9.17) is 0 Å². The fourth-order valence-electron chi connectivity index (χ4n) is 1.44. The third-order valence-electron chi connectivity index (χ3n) is 2.27. The Labute approximate surface area is 87.9 Å². The second kappa shape index (κ2) is 3.46. The van der Waals surface area contributed by atoms with Gasteiger partial charge in [-0.3, -0.25) is 4.79 Å². The Morgan fingerprint density at radius 1 is 1.47 bits per heavy atom. The molecule has 0 spiro atoms. The van der Waals surface area contributed by atoms with Crippen LogP contribution < -0.4 is 0 Å². The number of carbonyl (C=O) groups is 1. The SMILES string of the molecule is CC(=O)c1cccn2nc(C(C)C)nc12. The van der Waals surface area contributed by atoms with Crippen molar-refractivity contribution in [2.75, 3.05) is 0 Å². The van der Waals surface area contributed by atoms with Crippen molar-refractivity contribution in [3.63, 3.8) is 0 Å². The molecule has 15 heavy (non-hydrogen) atoms. The Kier molecular flexibility index (Phi) is 2.26. The summed E-state index contributed by atoms with van der Waals surface area (Å²) < 4.78 is 1.66. The highest BCUT2D eigenvalue weighted by Gasteiger charge is 2.12. The van der Waals surface area contributed by atoms with Crippen molar-refractivity contribution < 1.29 is 4.79 Å². The van der Waals surface area contributed by atoms with Crippen LogP contribution in [0.15, 0.2) is 18.3 Å². The van der Waals surface area contributed by atoms with E-state index in [0.29, 0.717) is 11.2 Å². The molecule has 0 fully saturated rings. The van der Waals surface area contributed by atoms with E-state index in [1.807, 2.05) is 19.9 Å². The molecule has 0 aromatic carbocycles. The van der Waals surface area contributed by atoms with Crippen LogP contribution in [-0.2, 0) is 0 Å². The van der Waals surface area contributed by atoms with Crippen LogP contribution in [-0.4, -0.2) is 20.4 Å². The zero-order chi connectivity index (χ0) is 11.0. The molecular formula is C11H13N3O. The Balaban J connectivity index is 2.70. The topological polar surface area (TPSA) is 47.3 Å². The maximum Gasteiger partial charge on any atom is 0.166 e. The van der Waals surface area contributed by atoms with E-state index in [9.17, 15) is 4.79 Å². The molecule has 0 radical (unpaired) electrons. The summed E-state index contributed by atoms with van der Waals surface area (Å²) in [6, 6.07) is 3.58. The first-order valence-electron chi connectivity index (χ1n) is 4.96.